The molecule has 11 heteroatoms. The molecule has 0 spiro atoms. The molecule has 3 aromatic rings. The standard InChI is InChI=1S/C29H36N4O6S/c1-21(2)18-32(40(38,39)26-13-11-25(12-14-26)31-22(3)34)20-28(35)27(16-23-8-5-4-6-9-23)33(29(36)37)19-24-10-7-15-30-17-24/h4-15,17,21,27-28,35H,16,18-20H2,1-3H3,(H,31,34)(H,36,37)/t27-,28+/m0/s1. The van der Waals surface area contributed by atoms with Gasteiger partial charge in [0.1, 0.15) is 0 Å². The van der Waals surface area contributed by atoms with Gasteiger partial charge >= 0.3 is 6.09 Å². The molecule has 0 aliphatic rings. The van der Waals surface area contributed by atoms with Gasteiger partial charge in [0.25, 0.3) is 0 Å². The zero-order valence-corrected chi connectivity index (χ0v) is 23.7. The SMILES string of the molecule is CC(=O)Nc1ccc(S(=O)(=O)N(CC(C)C)C[C@@H](O)[C@H](Cc2ccccc2)N(Cc2cccnc2)C(=O)O)cc1. The molecule has 1 aromatic heterocycles. The van der Waals surface area contributed by atoms with Crippen molar-refractivity contribution in [1.82, 2.24) is 14.2 Å². The summed E-state index contributed by atoms with van der Waals surface area (Å²) in [7, 11) is -4.06. The number of anilines is 1. The minimum absolute atomic E-state index is 0.000452. The summed E-state index contributed by atoms with van der Waals surface area (Å²) >= 11 is 0. The largest absolute Gasteiger partial charge is 0.465 e. The predicted octanol–water partition coefficient (Wildman–Crippen LogP) is 3.84. The second-order valence-corrected chi connectivity index (χ2v) is 12.0. The van der Waals surface area contributed by atoms with Crippen molar-refractivity contribution in [2.75, 3.05) is 18.4 Å². The summed E-state index contributed by atoms with van der Waals surface area (Å²) < 4.78 is 28.6. The molecule has 2 amide bonds. The van der Waals surface area contributed by atoms with Crippen LogP contribution in [0.25, 0.3) is 0 Å². The van der Waals surface area contributed by atoms with E-state index in [0.29, 0.717) is 11.3 Å². The summed E-state index contributed by atoms with van der Waals surface area (Å²) in [4.78, 5) is 29.0. The number of aliphatic hydroxyl groups is 1. The Bertz CT molecular complexity index is 1350. The number of nitrogens with one attached hydrogen (secondary N) is 1. The van der Waals surface area contributed by atoms with Gasteiger partial charge in [0.05, 0.1) is 23.6 Å². The van der Waals surface area contributed by atoms with E-state index in [0.717, 1.165) is 10.5 Å². The van der Waals surface area contributed by atoms with Gasteiger partial charge in [0.2, 0.25) is 15.9 Å². The van der Waals surface area contributed by atoms with E-state index < -0.39 is 28.3 Å². The molecule has 1 heterocycles. The second-order valence-electron chi connectivity index (χ2n) is 10.0. The van der Waals surface area contributed by atoms with E-state index in [1.54, 1.807) is 24.5 Å². The van der Waals surface area contributed by atoms with Crippen LogP contribution in [0.2, 0.25) is 0 Å². The lowest BCUT2D eigenvalue weighted by Gasteiger charge is -2.35. The van der Waals surface area contributed by atoms with E-state index in [2.05, 4.69) is 10.3 Å². The van der Waals surface area contributed by atoms with Crippen LogP contribution in [0.5, 0.6) is 0 Å². The van der Waals surface area contributed by atoms with Crippen molar-refractivity contribution in [3.63, 3.8) is 0 Å². The molecule has 0 fully saturated rings. The summed E-state index contributed by atoms with van der Waals surface area (Å²) in [5, 5.41) is 24.3. The molecule has 0 bridgehead atoms. The number of sulfonamides is 1. The minimum Gasteiger partial charge on any atom is -0.465 e. The first-order valence-corrected chi connectivity index (χ1v) is 14.4. The normalized spacial score (nSPS) is 13.2. The molecule has 0 aliphatic carbocycles. The first-order valence-electron chi connectivity index (χ1n) is 13.0. The first-order chi connectivity index (χ1) is 19.0. The first kappa shape index (κ1) is 30.7. The third kappa shape index (κ3) is 8.60. The molecule has 0 unspecified atom stereocenters. The quantitative estimate of drug-likeness (QED) is 0.285. The fourth-order valence-electron chi connectivity index (χ4n) is 4.40. The molecule has 0 saturated carbocycles. The number of carbonyl (C=O) groups excluding carboxylic acids is 1. The number of nitrogens with zero attached hydrogens (tertiary/aromatic N) is 3. The van der Waals surface area contributed by atoms with Crippen molar-refractivity contribution < 1.29 is 28.2 Å². The summed E-state index contributed by atoms with van der Waals surface area (Å²) in [6.07, 6.45) is 0.732. The Balaban J connectivity index is 1.95. The van der Waals surface area contributed by atoms with Crippen molar-refractivity contribution in [2.45, 2.75) is 50.8 Å². The molecule has 3 N–H and O–H groups in total. The zero-order chi connectivity index (χ0) is 29.3. The Labute approximate surface area is 235 Å². The maximum atomic E-state index is 13.7. The predicted molar refractivity (Wildman–Crippen MR) is 152 cm³/mol. The van der Waals surface area contributed by atoms with E-state index in [-0.39, 0.29) is 42.8 Å². The number of hydrogen-bond donors (Lipinski definition) is 3. The van der Waals surface area contributed by atoms with Crippen LogP contribution >= 0.6 is 0 Å². The Morgan fingerprint density at radius 3 is 2.15 bits per heavy atom. The number of pyridine rings is 1. The number of carbonyl (C=O) groups is 2. The topological polar surface area (TPSA) is 140 Å². The number of hydrogen-bond acceptors (Lipinski definition) is 6. The van der Waals surface area contributed by atoms with Gasteiger partial charge in [-0.05, 0) is 53.8 Å². The van der Waals surface area contributed by atoms with Gasteiger partial charge in [-0.2, -0.15) is 4.31 Å². The highest BCUT2D eigenvalue weighted by Crippen LogP contribution is 2.23. The van der Waals surface area contributed by atoms with E-state index in [4.69, 9.17) is 0 Å². The molecule has 0 aliphatic heterocycles. The van der Waals surface area contributed by atoms with Gasteiger partial charge in [-0.15, -0.1) is 0 Å². The van der Waals surface area contributed by atoms with Crippen LogP contribution in [-0.2, 0) is 27.8 Å². The van der Waals surface area contributed by atoms with Crippen molar-refractivity contribution in [2.24, 2.45) is 5.92 Å². The number of amides is 2. The minimum atomic E-state index is -4.06. The summed E-state index contributed by atoms with van der Waals surface area (Å²) in [5.41, 5.74) is 1.90. The smallest absolute Gasteiger partial charge is 0.407 e. The molecule has 2 aromatic carbocycles. The molecule has 214 valence electrons. The van der Waals surface area contributed by atoms with E-state index >= 15 is 0 Å². The van der Waals surface area contributed by atoms with Crippen LogP contribution in [-0.4, -0.2) is 70.1 Å². The lowest BCUT2D eigenvalue weighted by molar-refractivity contribution is -0.114. The molecule has 0 saturated heterocycles. The molecular weight excluding hydrogens is 532 g/mol. The van der Waals surface area contributed by atoms with Crippen LogP contribution in [0.3, 0.4) is 0 Å². The fourth-order valence-corrected chi connectivity index (χ4v) is 6.02. The zero-order valence-electron chi connectivity index (χ0n) is 22.8. The van der Waals surface area contributed by atoms with Crippen LogP contribution in [0.1, 0.15) is 31.9 Å². The molecule has 10 nitrogen and oxygen atoms in total. The molecule has 40 heavy (non-hydrogen) atoms. The number of rotatable bonds is 13. The lowest BCUT2D eigenvalue weighted by Crippen LogP contribution is -2.52. The van der Waals surface area contributed by atoms with Crippen molar-refractivity contribution in [3.8, 4) is 0 Å². The second kappa shape index (κ2) is 14.0. The van der Waals surface area contributed by atoms with E-state index in [9.17, 15) is 28.2 Å². The molecular formula is C29H36N4O6S. The summed E-state index contributed by atoms with van der Waals surface area (Å²) in [6.45, 7) is 4.85. The lowest BCUT2D eigenvalue weighted by atomic mass is 9.99. The summed E-state index contributed by atoms with van der Waals surface area (Å²) in [5.74, 6) is -0.349. The maximum absolute atomic E-state index is 13.7. The van der Waals surface area contributed by atoms with Gasteiger partial charge < -0.3 is 15.5 Å². The van der Waals surface area contributed by atoms with Gasteiger partial charge in [-0.25, -0.2) is 13.2 Å². The highest BCUT2D eigenvalue weighted by molar-refractivity contribution is 7.89. The van der Waals surface area contributed by atoms with Crippen molar-refractivity contribution >= 4 is 27.7 Å². The van der Waals surface area contributed by atoms with Gasteiger partial charge in [0, 0.05) is 38.1 Å². The Morgan fingerprint density at radius 2 is 1.60 bits per heavy atom. The fraction of sp³-hybridized carbons (Fsp3) is 0.345. The van der Waals surface area contributed by atoms with Crippen molar-refractivity contribution in [1.29, 1.82) is 0 Å². The van der Waals surface area contributed by atoms with E-state index in [1.165, 1.54) is 35.5 Å². The third-order valence-corrected chi connectivity index (χ3v) is 8.07. The van der Waals surface area contributed by atoms with E-state index in [1.807, 2.05) is 44.2 Å². The molecule has 2 atom stereocenters. The number of carboxylic acid groups (broad SMARTS) is 1. The average molecular weight is 569 g/mol. The highest BCUT2D eigenvalue weighted by Gasteiger charge is 2.35. The number of benzene rings is 2. The average Bonchev–Trinajstić information content (AvgIpc) is 2.91. The van der Waals surface area contributed by atoms with Gasteiger partial charge in [0.15, 0.2) is 0 Å². The van der Waals surface area contributed by atoms with Crippen LogP contribution in [0.4, 0.5) is 10.5 Å². The molecule has 0 radical (unpaired) electrons. The van der Waals surface area contributed by atoms with Crippen LogP contribution in [0, 0.1) is 5.92 Å². The summed E-state index contributed by atoms with van der Waals surface area (Å²) in [6, 6.07) is 17.4. The Hall–Kier alpha value is -3.80. The van der Waals surface area contributed by atoms with Gasteiger partial charge in [-0.1, -0.05) is 50.2 Å². The monoisotopic (exact) mass is 568 g/mol. The Kier molecular flexibility index (Phi) is 10.8. The molecule has 3 rings (SSSR count). The van der Waals surface area contributed by atoms with Crippen molar-refractivity contribution in [3.05, 3.63) is 90.3 Å². The number of aliphatic hydroxyl groups excluding tert-OH is 1. The third-order valence-electron chi connectivity index (χ3n) is 6.23. The van der Waals surface area contributed by atoms with Gasteiger partial charge in [-0.3, -0.25) is 14.7 Å². The maximum Gasteiger partial charge on any atom is 0.407 e. The van der Waals surface area contributed by atoms with Crippen LogP contribution < -0.4 is 5.32 Å². The highest BCUT2D eigenvalue weighted by atomic mass is 32.2. The van der Waals surface area contributed by atoms with Crippen LogP contribution in [0.15, 0.2) is 84.0 Å². The number of aromatic nitrogens is 1. The Morgan fingerprint density at radius 1 is 0.950 bits per heavy atom.